The number of aromatic nitrogens is 2. The van der Waals surface area contributed by atoms with Crippen molar-refractivity contribution < 1.29 is 9.59 Å². The van der Waals surface area contributed by atoms with E-state index in [2.05, 4.69) is 10.4 Å². The van der Waals surface area contributed by atoms with Crippen molar-refractivity contribution in [3.05, 3.63) is 112 Å². The number of fused-ring (bicyclic) bond motifs is 1. The van der Waals surface area contributed by atoms with E-state index in [0.717, 1.165) is 37.1 Å². The maximum Gasteiger partial charge on any atom is 0.274 e. The van der Waals surface area contributed by atoms with Crippen LogP contribution in [0.1, 0.15) is 44.8 Å². The summed E-state index contributed by atoms with van der Waals surface area (Å²) in [6.45, 7) is 2.18. The van der Waals surface area contributed by atoms with Crippen LogP contribution < -0.4 is 10.9 Å². The second-order valence-corrected chi connectivity index (χ2v) is 8.72. The van der Waals surface area contributed by atoms with Crippen LogP contribution in [-0.2, 0) is 13.1 Å². The molecule has 1 aliphatic heterocycles. The van der Waals surface area contributed by atoms with Gasteiger partial charge in [-0.2, -0.15) is 5.10 Å². The zero-order valence-corrected chi connectivity index (χ0v) is 19.3. The van der Waals surface area contributed by atoms with Gasteiger partial charge >= 0.3 is 0 Å². The number of benzene rings is 3. The molecular formula is C28H26N4O3. The highest BCUT2D eigenvalue weighted by molar-refractivity contribution is 6.04. The fraction of sp³-hybridized carbons (Fsp3) is 0.214. The predicted molar refractivity (Wildman–Crippen MR) is 134 cm³/mol. The third-order valence-electron chi connectivity index (χ3n) is 6.31. The number of carbonyl (C=O) groups excluding carboxylic acids is 2. The second kappa shape index (κ2) is 9.93. The van der Waals surface area contributed by atoms with E-state index >= 15 is 0 Å². The lowest BCUT2D eigenvalue weighted by Crippen LogP contribution is -2.31. The summed E-state index contributed by atoms with van der Waals surface area (Å²) in [6.07, 6.45) is 2.11. The number of rotatable bonds is 6. The molecule has 1 aromatic heterocycles. The van der Waals surface area contributed by atoms with E-state index < -0.39 is 0 Å². The molecule has 0 bridgehead atoms. The number of nitrogens with one attached hydrogen (secondary N) is 1. The van der Waals surface area contributed by atoms with Gasteiger partial charge in [0.05, 0.1) is 11.9 Å². The topological polar surface area (TPSA) is 84.3 Å². The average molecular weight is 467 g/mol. The van der Waals surface area contributed by atoms with Crippen molar-refractivity contribution in [2.45, 2.75) is 25.9 Å². The van der Waals surface area contributed by atoms with Crippen molar-refractivity contribution in [1.29, 1.82) is 0 Å². The molecule has 2 amide bonds. The van der Waals surface area contributed by atoms with E-state index in [1.807, 2.05) is 47.4 Å². The number of carbonyl (C=O) groups is 2. The van der Waals surface area contributed by atoms with Crippen molar-refractivity contribution in [2.24, 2.45) is 0 Å². The molecule has 1 saturated heterocycles. The summed E-state index contributed by atoms with van der Waals surface area (Å²) >= 11 is 0. The molecule has 0 spiro atoms. The lowest BCUT2D eigenvalue weighted by molar-refractivity contribution is 0.0792. The fourth-order valence-electron chi connectivity index (χ4n) is 4.40. The Hall–Kier alpha value is -4.26. The first-order valence-corrected chi connectivity index (χ1v) is 11.8. The van der Waals surface area contributed by atoms with Crippen molar-refractivity contribution in [2.75, 3.05) is 13.1 Å². The summed E-state index contributed by atoms with van der Waals surface area (Å²) in [5.74, 6) is -0.311. The molecule has 0 unspecified atom stereocenters. The number of amides is 2. The Balaban J connectivity index is 1.35. The minimum absolute atomic E-state index is 0.0504. The predicted octanol–water partition coefficient (Wildman–Crippen LogP) is 3.61. The smallest absolute Gasteiger partial charge is 0.274 e. The van der Waals surface area contributed by atoms with Gasteiger partial charge in [0.15, 0.2) is 5.69 Å². The van der Waals surface area contributed by atoms with Gasteiger partial charge in [-0.25, -0.2) is 4.68 Å². The fourth-order valence-corrected chi connectivity index (χ4v) is 4.40. The summed E-state index contributed by atoms with van der Waals surface area (Å²) < 4.78 is 1.34. The van der Waals surface area contributed by atoms with Crippen LogP contribution in [0.3, 0.4) is 0 Å². The molecule has 4 aromatic rings. The maximum atomic E-state index is 13.1. The Labute approximate surface area is 203 Å². The Bertz CT molecular complexity index is 1420. The molecule has 3 aromatic carbocycles. The first-order chi connectivity index (χ1) is 17.1. The van der Waals surface area contributed by atoms with Crippen molar-refractivity contribution >= 4 is 22.6 Å². The standard InChI is InChI=1S/C28H26N4O3/c33-26(29-18-20-12-14-22(15-13-20)27(34)31-16-6-7-17-31)25-23-10-4-5-11-24(23)28(35)32(30-25)19-21-8-2-1-3-9-21/h1-5,8-15H,6-7,16-19H2,(H,29,33). The van der Waals surface area contributed by atoms with Gasteiger partial charge in [-0.15, -0.1) is 0 Å². The van der Waals surface area contributed by atoms with Crippen LogP contribution in [0, 0.1) is 0 Å². The average Bonchev–Trinajstić information content (AvgIpc) is 3.45. The van der Waals surface area contributed by atoms with E-state index in [0.29, 0.717) is 16.3 Å². The molecule has 0 saturated carbocycles. The van der Waals surface area contributed by atoms with Crippen LogP contribution in [0.25, 0.3) is 10.8 Å². The van der Waals surface area contributed by atoms with Crippen molar-refractivity contribution in [3.63, 3.8) is 0 Å². The molecule has 0 radical (unpaired) electrons. The summed E-state index contributed by atoms with van der Waals surface area (Å²) in [7, 11) is 0. The van der Waals surface area contributed by atoms with Crippen LogP contribution >= 0.6 is 0 Å². The summed E-state index contributed by atoms with van der Waals surface area (Å²) in [5, 5.41) is 8.31. The maximum absolute atomic E-state index is 13.1. The van der Waals surface area contributed by atoms with E-state index in [4.69, 9.17) is 0 Å². The molecule has 1 fully saturated rings. The zero-order valence-electron chi connectivity index (χ0n) is 19.3. The number of hydrogen-bond donors (Lipinski definition) is 1. The molecule has 0 atom stereocenters. The summed E-state index contributed by atoms with van der Waals surface area (Å²) in [6, 6.07) is 23.9. The molecule has 1 aliphatic rings. The number of hydrogen-bond acceptors (Lipinski definition) is 4. The molecule has 0 aliphatic carbocycles. The molecule has 176 valence electrons. The first-order valence-electron chi connectivity index (χ1n) is 11.8. The minimum atomic E-state index is -0.361. The van der Waals surface area contributed by atoms with Crippen LogP contribution in [0.15, 0.2) is 83.7 Å². The van der Waals surface area contributed by atoms with Gasteiger partial charge < -0.3 is 10.2 Å². The van der Waals surface area contributed by atoms with Crippen molar-refractivity contribution in [3.8, 4) is 0 Å². The van der Waals surface area contributed by atoms with Gasteiger partial charge in [0.1, 0.15) is 0 Å². The van der Waals surface area contributed by atoms with Gasteiger partial charge in [-0.1, -0.05) is 60.7 Å². The highest BCUT2D eigenvalue weighted by Gasteiger charge is 2.20. The number of nitrogens with zero attached hydrogens (tertiary/aromatic N) is 3. The van der Waals surface area contributed by atoms with Gasteiger partial charge in [0, 0.05) is 30.6 Å². The Morgan fingerprint density at radius 2 is 1.46 bits per heavy atom. The SMILES string of the molecule is O=C(NCc1ccc(C(=O)N2CCCC2)cc1)c1nn(Cc2ccccc2)c(=O)c2ccccc12. The van der Waals surface area contributed by atoms with Gasteiger partial charge in [-0.05, 0) is 42.2 Å². The van der Waals surface area contributed by atoms with Gasteiger partial charge in [-0.3, -0.25) is 14.4 Å². The molecular weight excluding hydrogens is 440 g/mol. The molecule has 35 heavy (non-hydrogen) atoms. The largest absolute Gasteiger partial charge is 0.347 e. The molecule has 5 rings (SSSR count). The van der Waals surface area contributed by atoms with Gasteiger partial charge in [0.2, 0.25) is 0 Å². The van der Waals surface area contributed by atoms with Crippen LogP contribution in [0.2, 0.25) is 0 Å². The molecule has 7 heteroatoms. The minimum Gasteiger partial charge on any atom is -0.347 e. The molecule has 7 nitrogen and oxygen atoms in total. The normalized spacial score (nSPS) is 13.2. The lowest BCUT2D eigenvalue weighted by Gasteiger charge is -2.15. The van der Waals surface area contributed by atoms with E-state index in [1.165, 1.54) is 4.68 Å². The van der Waals surface area contributed by atoms with Crippen LogP contribution in [0.4, 0.5) is 0 Å². The summed E-state index contributed by atoms with van der Waals surface area (Å²) in [5.41, 5.74) is 2.42. The lowest BCUT2D eigenvalue weighted by atomic mass is 10.1. The van der Waals surface area contributed by atoms with E-state index in [-0.39, 0.29) is 36.2 Å². The van der Waals surface area contributed by atoms with Gasteiger partial charge in [0.25, 0.3) is 17.4 Å². The molecule has 2 heterocycles. The third kappa shape index (κ3) is 4.84. The first kappa shape index (κ1) is 22.5. The zero-order chi connectivity index (χ0) is 24.2. The highest BCUT2D eigenvalue weighted by Crippen LogP contribution is 2.16. The Morgan fingerprint density at radius 3 is 2.17 bits per heavy atom. The van der Waals surface area contributed by atoms with Crippen LogP contribution in [-0.4, -0.2) is 39.6 Å². The van der Waals surface area contributed by atoms with E-state index in [9.17, 15) is 14.4 Å². The Morgan fingerprint density at radius 1 is 0.800 bits per heavy atom. The van der Waals surface area contributed by atoms with Crippen molar-refractivity contribution in [1.82, 2.24) is 20.0 Å². The third-order valence-corrected chi connectivity index (χ3v) is 6.31. The second-order valence-electron chi connectivity index (χ2n) is 8.72. The monoisotopic (exact) mass is 466 g/mol. The number of likely N-dealkylation sites (tertiary alicyclic amines) is 1. The highest BCUT2D eigenvalue weighted by atomic mass is 16.2. The van der Waals surface area contributed by atoms with Crippen LogP contribution in [0.5, 0.6) is 0 Å². The molecule has 1 N–H and O–H groups in total. The van der Waals surface area contributed by atoms with E-state index in [1.54, 1.807) is 36.4 Å². The quantitative estimate of drug-likeness (QED) is 0.471. The summed E-state index contributed by atoms with van der Waals surface area (Å²) in [4.78, 5) is 40.6. The Kier molecular flexibility index (Phi) is 6.39.